The van der Waals surface area contributed by atoms with Crippen LogP contribution in [0, 0.1) is 6.92 Å². The highest BCUT2D eigenvalue weighted by molar-refractivity contribution is 6.51. The number of ether oxygens (including phenoxy) is 2. The average molecular weight is 535 g/mol. The first-order valence-corrected chi connectivity index (χ1v) is 12.6. The molecule has 1 N–H and O–H groups in total. The highest BCUT2D eigenvalue weighted by atomic mass is 35.5. The molecule has 8 heteroatoms. The second-order valence-corrected chi connectivity index (χ2v) is 10.1. The van der Waals surface area contributed by atoms with Crippen LogP contribution in [0.3, 0.4) is 0 Å². The van der Waals surface area contributed by atoms with E-state index < -0.39 is 17.7 Å². The van der Waals surface area contributed by atoms with Crippen LogP contribution < -0.4 is 19.3 Å². The molecule has 1 unspecified atom stereocenters. The van der Waals surface area contributed by atoms with Crippen molar-refractivity contribution in [3.63, 3.8) is 0 Å². The number of halogens is 1. The number of carbonyl (C=O) groups excluding carboxylic acids is 2. The van der Waals surface area contributed by atoms with Gasteiger partial charge >= 0.3 is 0 Å². The third-order valence-electron chi connectivity index (χ3n) is 6.30. The second-order valence-electron chi connectivity index (χ2n) is 9.64. The van der Waals surface area contributed by atoms with E-state index in [4.69, 9.17) is 21.1 Å². The SMILES string of the molecule is COc1c(Cl)cc(C)cc1/C(O)=C1\C(=O)C(=O)N(c2ccc(OC(C)C)cc2)C1c1ccc(N(C)C)cc1. The van der Waals surface area contributed by atoms with Gasteiger partial charge in [0.05, 0.1) is 35.4 Å². The molecular formula is C30H31ClN2O5. The molecule has 1 fully saturated rings. The number of benzene rings is 3. The molecular weight excluding hydrogens is 504 g/mol. The number of aryl methyl sites for hydroxylation is 1. The van der Waals surface area contributed by atoms with Crippen molar-refractivity contribution in [2.75, 3.05) is 31.0 Å². The third kappa shape index (κ3) is 5.07. The Balaban J connectivity index is 1.93. The summed E-state index contributed by atoms with van der Waals surface area (Å²) in [7, 11) is 5.29. The first-order chi connectivity index (χ1) is 18.0. The van der Waals surface area contributed by atoms with Crippen molar-refractivity contribution in [2.24, 2.45) is 0 Å². The first kappa shape index (κ1) is 27.1. The smallest absolute Gasteiger partial charge is 0.300 e. The maximum absolute atomic E-state index is 13.5. The van der Waals surface area contributed by atoms with Gasteiger partial charge in [-0.25, -0.2) is 0 Å². The zero-order chi connectivity index (χ0) is 27.7. The molecule has 3 aromatic rings. The van der Waals surface area contributed by atoms with Crippen LogP contribution in [0.4, 0.5) is 11.4 Å². The Hall–Kier alpha value is -3.97. The fourth-order valence-electron chi connectivity index (χ4n) is 4.58. The van der Waals surface area contributed by atoms with Crippen LogP contribution in [0.15, 0.2) is 66.2 Å². The van der Waals surface area contributed by atoms with Gasteiger partial charge in [-0.05, 0) is 80.4 Å². The number of rotatable bonds is 7. The van der Waals surface area contributed by atoms with E-state index in [-0.39, 0.29) is 33.8 Å². The summed E-state index contributed by atoms with van der Waals surface area (Å²) in [4.78, 5) is 30.4. The van der Waals surface area contributed by atoms with Crippen molar-refractivity contribution in [1.82, 2.24) is 0 Å². The summed E-state index contributed by atoms with van der Waals surface area (Å²) in [5, 5.41) is 11.9. The summed E-state index contributed by atoms with van der Waals surface area (Å²) in [6.45, 7) is 5.67. The number of aliphatic hydroxyl groups excluding tert-OH is 1. The van der Waals surface area contributed by atoms with Gasteiger partial charge in [0.15, 0.2) is 0 Å². The normalized spacial score (nSPS) is 16.7. The fraction of sp³-hybridized carbons (Fsp3) is 0.267. The average Bonchev–Trinajstić information content (AvgIpc) is 3.13. The van der Waals surface area contributed by atoms with Gasteiger partial charge in [-0.1, -0.05) is 23.7 Å². The van der Waals surface area contributed by atoms with Crippen LogP contribution in [0.1, 0.15) is 36.6 Å². The van der Waals surface area contributed by atoms with Crippen LogP contribution in [-0.2, 0) is 9.59 Å². The molecule has 1 aliphatic heterocycles. The van der Waals surface area contributed by atoms with Gasteiger partial charge < -0.3 is 19.5 Å². The lowest BCUT2D eigenvalue weighted by Crippen LogP contribution is -2.29. The van der Waals surface area contributed by atoms with E-state index in [1.807, 2.05) is 64.0 Å². The van der Waals surface area contributed by atoms with E-state index in [0.29, 0.717) is 17.0 Å². The Bertz CT molecular complexity index is 1400. The predicted octanol–water partition coefficient (Wildman–Crippen LogP) is 6.14. The van der Waals surface area contributed by atoms with Gasteiger partial charge in [-0.15, -0.1) is 0 Å². The van der Waals surface area contributed by atoms with Crippen LogP contribution in [0.25, 0.3) is 5.76 Å². The van der Waals surface area contributed by atoms with E-state index >= 15 is 0 Å². The number of amides is 1. The van der Waals surface area contributed by atoms with Gasteiger partial charge in [-0.3, -0.25) is 14.5 Å². The Labute approximate surface area is 227 Å². The summed E-state index contributed by atoms with van der Waals surface area (Å²) < 4.78 is 11.2. The second kappa shape index (κ2) is 10.8. The quantitative estimate of drug-likeness (QED) is 0.223. The maximum atomic E-state index is 13.5. The van der Waals surface area contributed by atoms with Crippen molar-refractivity contribution < 1.29 is 24.2 Å². The Morgan fingerprint density at radius 1 is 1.03 bits per heavy atom. The minimum atomic E-state index is -0.882. The van der Waals surface area contributed by atoms with E-state index in [9.17, 15) is 14.7 Å². The lowest BCUT2D eigenvalue weighted by Gasteiger charge is -2.26. The van der Waals surface area contributed by atoms with Crippen molar-refractivity contribution >= 4 is 40.4 Å². The minimum Gasteiger partial charge on any atom is -0.507 e. The predicted molar refractivity (Wildman–Crippen MR) is 150 cm³/mol. The maximum Gasteiger partial charge on any atom is 0.300 e. The number of ketones is 1. The zero-order valence-corrected chi connectivity index (χ0v) is 23.0. The monoisotopic (exact) mass is 534 g/mol. The van der Waals surface area contributed by atoms with Crippen LogP contribution in [0.5, 0.6) is 11.5 Å². The molecule has 198 valence electrons. The molecule has 1 saturated heterocycles. The first-order valence-electron chi connectivity index (χ1n) is 12.2. The Morgan fingerprint density at radius 2 is 1.66 bits per heavy atom. The molecule has 1 amide bonds. The van der Waals surface area contributed by atoms with Gasteiger partial charge in [0, 0.05) is 25.5 Å². The number of hydrogen-bond acceptors (Lipinski definition) is 6. The van der Waals surface area contributed by atoms with Crippen molar-refractivity contribution in [3.05, 3.63) is 87.9 Å². The molecule has 0 bridgehead atoms. The van der Waals surface area contributed by atoms with Gasteiger partial charge in [-0.2, -0.15) is 0 Å². The number of nitrogens with zero attached hydrogens (tertiary/aromatic N) is 2. The molecule has 0 spiro atoms. The zero-order valence-electron chi connectivity index (χ0n) is 22.3. The molecule has 1 heterocycles. The summed E-state index contributed by atoms with van der Waals surface area (Å²) in [5.74, 6) is -1.03. The van der Waals surface area contributed by atoms with E-state index in [1.54, 1.807) is 36.4 Å². The molecule has 0 saturated carbocycles. The van der Waals surface area contributed by atoms with E-state index in [1.165, 1.54) is 12.0 Å². The van der Waals surface area contributed by atoms with Crippen molar-refractivity contribution in [3.8, 4) is 11.5 Å². The van der Waals surface area contributed by atoms with E-state index in [2.05, 4.69) is 0 Å². The standard InChI is InChI=1S/C30H31ClN2O5/c1-17(2)38-22-13-11-21(12-14-22)33-26(19-7-9-20(10-8-19)32(4)5)25(28(35)30(33)36)27(34)23-15-18(3)16-24(31)29(23)37-6/h7-17,26,34H,1-6H3/b27-25+. The topological polar surface area (TPSA) is 79.3 Å². The summed E-state index contributed by atoms with van der Waals surface area (Å²) in [6, 6.07) is 17.0. The lowest BCUT2D eigenvalue weighted by atomic mass is 9.94. The molecule has 3 aromatic carbocycles. The van der Waals surface area contributed by atoms with Crippen LogP contribution in [-0.4, -0.2) is 44.1 Å². The number of carbonyl (C=O) groups is 2. The number of methoxy groups -OCH3 is 1. The fourth-order valence-corrected chi connectivity index (χ4v) is 4.93. The molecule has 4 rings (SSSR count). The molecule has 0 radical (unpaired) electrons. The van der Waals surface area contributed by atoms with E-state index in [0.717, 1.165) is 11.3 Å². The Morgan fingerprint density at radius 3 is 2.21 bits per heavy atom. The highest BCUT2D eigenvalue weighted by Crippen LogP contribution is 2.45. The lowest BCUT2D eigenvalue weighted by molar-refractivity contribution is -0.132. The highest BCUT2D eigenvalue weighted by Gasteiger charge is 2.47. The third-order valence-corrected chi connectivity index (χ3v) is 6.58. The molecule has 1 atom stereocenters. The Kier molecular flexibility index (Phi) is 7.69. The van der Waals surface area contributed by atoms with Crippen LogP contribution in [0.2, 0.25) is 5.02 Å². The molecule has 7 nitrogen and oxygen atoms in total. The van der Waals surface area contributed by atoms with Crippen LogP contribution >= 0.6 is 11.6 Å². The summed E-state index contributed by atoms with van der Waals surface area (Å²) in [6.07, 6.45) is -0.0126. The van der Waals surface area contributed by atoms with Crippen molar-refractivity contribution in [2.45, 2.75) is 32.9 Å². The number of aliphatic hydroxyl groups is 1. The molecule has 1 aliphatic rings. The number of anilines is 2. The number of Topliss-reactive ketones (excluding diaryl/α,β-unsaturated/α-hetero) is 1. The summed E-state index contributed by atoms with van der Waals surface area (Å²) in [5.41, 5.74) is 3.07. The number of hydrogen-bond donors (Lipinski definition) is 1. The molecule has 0 aromatic heterocycles. The van der Waals surface area contributed by atoms with Crippen molar-refractivity contribution in [1.29, 1.82) is 0 Å². The molecule has 0 aliphatic carbocycles. The minimum absolute atomic E-state index is 0.0126. The summed E-state index contributed by atoms with van der Waals surface area (Å²) >= 11 is 6.39. The van der Waals surface area contributed by atoms with Gasteiger partial charge in [0.2, 0.25) is 0 Å². The molecule has 38 heavy (non-hydrogen) atoms. The van der Waals surface area contributed by atoms with Gasteiger partial charge in [0.25, 0.3) is 11.7 Å². The largest absolute Gasteiger partial charge is 0.507 e. The van der Waals surface area contributed by atoms with Gasteiger partial charge in [0.1, 0.15) is 17.3 Å².